The van der Waals surface area contributed by atoms with Crippen molar-refractivity contribution in [3.63, 3.8) is 0 Å². The summed E-state index contributed by atoms with van der Waals surface area (Å²) in [6.45, 7) is 3.99. The highest BCUT2D eigenvalue weighted by Crippen LogP contribution is 2.24. The Labute approximate surface area is 198 Å². The van der Waals surface area contributed by atoms with Crippen molar-refractivity contribution in [1.29, 1.82) is 0 Å². The van der Waals surface area contributed by atoms with Crippen LogP contribution in [0.25, 0.3) is 16.6 Å². The molecule has 0 aliphatic heterocycles. The number of halogens is 1. The van der Waals surface area contributed by atoms with Gasteiger partial charge in [-0.05, 0) is 84.5 Å². The molecule has 1 heterocycles. The van der Waals surface area contributed by atoms with Gasteiger partial charge in [0.1, 0.15) is 0 Å². The summed E-state index contributed by atoms with van der Waals surface area (Å²) in [4.78, 5) is 30.6. The first-order valence-corrected chi connectivity index (χ1v) is 11.8. The Bertz CT molecular complexity index is 1330. The largest absolute Gasteiger partial charge is 0.325 e. The molecular formula is C24H20IN3O2S. The molecule has 0 saturated heterocycles. The normalized spacial score (nSPS) is 10.9. The number of fused-ring (bicyclic) bond motifs is 1. The van der Waals surface area contributed by atoms with Crippen LogP contribution in [0.2, 0.25) is 0 Å². The number of para-hydroxylation sites is 1. The second-order valence-corrected chi connectivity index (χ2v) is 9.37. The number of rotatable bonds is 5. The molecule has 0 aliphatic carbocycles. The molecule has 0 atom stereocenters. The maximum absolute atomic E-state index is 13.4. The third-order valence-electron chi connectivity index (χ3n) is 4.80. The molecule has 5 nitrogen and oxygen atoms in total. The van der Waals surface area contributed by atoms with Crippen molar-refractivity contribution in [3.05, 3.63) is 91.8 Å². The third-order valence-corrected chi connectivity index (χ3v) is 6.46. The molecule has 1 aromatic heterocycles. The second-order valence-electron chi connectivity index (χ2n) is 7.19. The highest BCUT2D eigenvalue weighted by molar-refractivity contribution is 14.1. The van der Waals surface area contributed by atoms with E-state index in [1.54, 1.807) is 10.6 Å². The van der Waals surface area contributed by atoms with Crippen molar-refractivity contribution in [2.75, 3.05) is 11.1 Å². The molecule has 1 N–H and O–H groups in total. The van der Waals surface area contributed by atoms with Crippen LogP contribution in [0.15, 0.2) is 76.7 Å². The van der Waals surface area contributed by atoms with Crippen LogP contribution in [0.4, 0.5) is 5.69 Å². The van der Waals surface area contributed by atoms with Crippen molar-refractivity contribution in [2.24, 2.45) is 0 Å². The van der Waals surface area contributed by atoms with Gasteiger partial charge in [0, 0.05) is 9.26 Å². The highest BCUT2D eigenvalue weighted by atomic mass is 127. The maximum atomic E-state index is 13.4. The van der Waals surface area contributed by atoms with Crippen LogP contribution in [0.1, 0.15) is 11.1 Å². The van der Waals surface area contributed by atoms with Gasteiger partial charge in [0.2, 0.25) is 5.91 Å². The summed E-state index contributed by atoms with van der Waals surface area (Å²) in [5.74, 6) is -0.0115. The molecule has 156 valence electrons. The topological polar surface area (TPSA) is 64.0 Å². The van der Waals surface area contributed by atoms with Gasteiger partial charge in [0.15, 0.2) is 5.16 Å². The van der Waals surface area contributed by atoms with Crippen LogP contribution in [0.5, 0.6) is 0 Å². The maximum Gasteiger partial charge on any atom is 0.266 e. The number of hydrogen-bond acceptors (Lipinski definition) is 4. The van der Waals surface area contributed by atoms with Crippen LogP contribution in [0.3, 0.4) is 0 Å². The van der Waals surface area contributed by atoms with E-state index in [-0.39, 0.29) is 17.2 Å². The summed E-state index contributed by atoms with van der Waals surface area (Å²) in [6.07, 6.45) is 0. The number of aryl methyl sites for hydroxylation is 2. The average molecular weight is 541 g/mol. The first kappa shape index (κ1) is 21.6. The second kappa shape index (κ2) is 9.23. The van der Waals surface area contributed by atoms with Gasteiger partial charge in [-0.25, -0.2) is 4.98 Å². The van der Waals surface area contributed by atoms with Crippen LogP contribution in [-0.4, -0.2) is 21.2 Å². The minimum atomic E-state index is -0.152. The summed E-state index contributed by atoms with van der Waals surface area (Å²) >= 11 is 3.47. The van der Waals surface area contributed by atoms with Gasteiger partial charge in [-0.3, -0.25) is 14.2 Å². The number of benzene rings is 3. The van der Waals surface area contributed by atoms with Crippen LogP contribution < -0.4 is 10.9 Å². The van der Waals surface area contributed by atoms with Crippen LogP contribution in [0, 0.1) is 17.4 Å². The summed E-state index contributed by atoms with van der Waals surface area (Å²) in [5.41, 5.74) is 4.09. The lowest BCUT2D eigenvalue weighted by Gasteiger charge is -2.15. The Morgan fingerprint density at radius 2 is 1.81 bits per heavy atom. The lowest BCUT2D eigenvalue weighted by molar-refractivity contribution is -0.113. The number of aromatic nitrogens is 2. The molecule has 0 fully saturated rings. The van der Waals surface area contributed by atoms with E-state index in [0.29, 0.717) is 16.1 Å². The van der Waals surface area contributed by atoms with Gasteiger partial charge >= 0.3 is 0 Å². The minimum absolute atomic E-state index is 0.141. The van der Waals surface area contributed by atoms with E-state index in [1.807, 2.05) is 74.5 Å². The Morgan fingerprint density at radius 3 is 2.55 bits per heavy atom. The van der Waals surface area contributed by atoms with E-state index in [9.17, 15) is 9.59 Å². The molecule has 0 aliphatic rings. The van der Waals surface area contributed by atoms with Crippen molar-refractivity contribution in [3.8, 4) is 5.69 Å². The van der Waals surface area contributed by atoms with Crippen molar-refractivity contribution >= 4 is 56.9 Å². The monoisotopic (exact) mass is 541 g/mol. The van der Waals surface area contributed by atoms with Gasteiger partial charge in [-0.15, -0.1) is 0 Å². The molecule has 0 saturated carbocycles. The number of carbonyl (C=O) groups is 1. The van der Waals surface area contributed by atoms with E-state index >= 15 is 0 Å². The van der Waals surface area contributed by atoms with Crippen LogP contribution in [-0.2, 0) is 4.79 Å². The predicted octanol–water partition coefficient (Wildman–Crippen LogP) is 5.34. The summed E-state index contributed by atoms with van der Waals surface area (Å²) in [6, 6.07) is 20.8. The Morgan fingerprint density at radius 1 is 1.06 bits per heavy atom. The minimum Gasteiger partial charge on any atom is -0.325 e. The van der Waals surface area contributed by atoms with E-state index < -0.39 is 0 Å². The number of amides is 1. The molecule has 3 aromatic carbocycles. The molecule has 7 heteroatoms. The Hall–Kier alpha value is -2.65. The van der Waals surface area contributed by atoms with Crippen molar-refractivity contribution in [2.45, 2.75) is 19.0 Å². The number of anilines is 1. The third kappa shape index (κ3) is 4.83. The predicted molar refractivity (Wildman–Crippen MR) is 135 cm³/mol. The number of thioether (sulfide) groups is 1. The Balaban J connectivity index is 1.69. The summed E-state index contributed by atoms with van der Waals surface area (Å²) < 4.78 is 2.71. The molecule has 1 amide bonds. The Kier molecular flexibility index (Phi) is 6.43. The molecule has 0 bridgehead atoms. The van der Waals surface area contributed by atoms with Gasteiger partial charge in [0.05, 0.1) is 22.3 Å². The molecule has 4 rings (SSSR count). The fourth-order valence-electron chi connectivity index (χ4n) is 3.34. The van der Waals surface area contributed by atoms with Gasteiger partial charge < -0.3 is 5.32 Å². The summed E-state index contributed by atoms with van der Waals surface area (Å²) in [7, 11) is 0. The molecular weight excluding hydrogens is 521 g/mol. The number of nitrogens with one attached hydrogen (secondary N) is 1. The first-order chi connectivity index (χ1) is 14.9. The molecule has 0 radical (unpaired) electrons. The van der Waals surface area contributed by atoms with E-state index in [0.717, 1.165) is 26.1 Å². The molecule has 4 aromatic rings. The lowest BCUT2D eigenvalue weighted by Crippen LogP contribution is -2.23. The average Bonchev–Trinajstić information content (AvgIpc) is 2.75. The number of nitrogens with zero attached hydrogens (tertiary/aromatic N) is 2. The van der Waals surface area contributed by atoms with E-state index in [2.05, 4.69) is 27.9 Å². The lowest BCUT2D eigenvalue weighted by atomic mass is 10.1. The van der Waals surface area contributed by atoms with Gasteiger partial charge in [-0.1, -0.05) is 41.6 Å². The van der Waals surface area contributed by atoms with E-state index in [4.69, 9.17) is 4.98 Å². The van der Waals surface area contributed by atoms with Crippen LogP contribution >= 0.6 is 34.4 Å². The molecule has 31 heavy (non-hydrogen) atoms. The quantitative estimate of drug-likeness (QED) is 0.211. The van der Waals surface area contributed by atoms with Gasteiger partial charge in [0.25, 0.3) is 5.56 Å². The zero-order chi connectivity index (χ0) is 22.0. The molecule has 0 spiro atoms. The smallest absolute Gasteiger partial charge is 0.266 e. The fourth-order valence-corrected chi connectivity index (χ4v) is 4.50. The number of hydrogen-bond donors (Lipinski definition) is 1. The summed E-state index contributed by atoms with van der Waals surface area (Å²) in [5, 5.41) is 3.94. The SMILES string of the molecule is Cc1ccc(-n2c(SCC(=O)Nc3ccc(I)cc3)nc3ccccc3c2=O)c(C)c1. The standard InChI is InChI=1S/C24H20IN3O2S/c1-15-7-12-21(16(2)13-15)28-23(30)19-5-3-4-6-20(19)27-24(28)31-14-22(29)26-18-10-8-17(25)9-11-18/h3-13H,14H2,1-2H3,(H,26,29). The zero-order valence-electron chi connectivity index (χ0n) is 17.1. The van der Waals surface area contributed by atoms with E-state index in [1.165, 1.54) is 11.8 Å². The number of carbonyl (C=O) groups excluding carboxylic acids is 1. The van der Waals surface area contributed by atoms with Crippen molar-refractivity contribution < 1.29 is 4.79 Å². The van der Waals surface area contributed by atoms with Crippen molar-refractivity contribution in [1.82, 2.24) is 9.55 Å². The molecule has 0 unspecified atom stereocenters. The zero-order valence-corrected chi connectivity index (χ0v) is 20.0. The van der Waals surface area contributed by atoms with Gasteiger partial charge in [-0.2, -0.15) is 0 Å². The fraction of sp³-hybridized carbons (Fsp3) is 0.125. The highest BCUT2D eigenvalue weighted by Gasteiger charge is 2.16. The first-order valence-electron chi connectivity index (χ1n) is 9.70.